The number of phenols is 1. The van der Waals surface area contributed by atoms with Crippen molar-refractivity contribution in [3.63, 3.8) is 0 Å². The van der Waals surface area contributed by atoms with Gasteiger partial charge in [0.05, 0.1) is 11.6 Å². The molecule has 3 aromatic rings. The minimum atomic E-state index is -2.67. The van der Waals surface area contributed by atoms with E-state index in [1.165, 1.54) is 16.5 Å². The van der Waals surface area contributed by atoms with Crippen LogP contribution >= 0.6 is 0 Å². The topological polar surface area (TPSA) is 161 Å². The van der Waals surface area contributed by atoms with Crippen molar-refractivity contribution in [3.05, 3.63) is 82.1 Å². The van der Waals surface area contributed by atoms with Crippen LogP contribution in [-0.4, -0.2) is 68.5 Å². The van der Waals surface area contributed by atoms with Crippen LogP contribution in [0.2, 0.25) is 0 Å². The predicted molar refractivity (Wildman–Crippen MR) is 166 cm³/mol. The molecule has 0 spiro atoms. The fourth-order valence-corrected chi connectivity index (χ4v) is 7.71. The highest BCUT2D eigenvalue weighted by molar-refractivity contribution is 6.24. The fourth-order valence-electron chi connectivity index (χ4n) is 7.71. The molecule has 0 bridgehead atoms. The number of amides is 1. The molecule has 1 amide bonds. The van der Waals surface area contributed by atoms with Gasteiger partial charge in [0, 0.05) is 11.5 Å². The van der Waals surface area contributed by atoms with Gasteiger partial charge in [-0.2, -0.15) is 0 Å². The average molecular weight is 597 g/mol. The second kappa shape index (κ2) is 10.3. The zero-order chi connectivity index (χ0) is 31.8. The summed E-state index contributed by atoms with van der Waals surface area (Å²) in [5.41, 5.74) is 5.37. The lowest BCUT2D eigenvalue weighted by molar-refractivity contribution is -0.153. The Bertz CT molecular complexity index is 1840. The molecule has 1 fully saturated rings. The van der Waals surface area contributed by atoms with E-state index in [1.54, 1.807) is 20.2 Å². The van der Waals surface area contributed by atoms with Crippen LogP contribution in [0.5, 0.6) is 5.75 Å². The monoisotopic (exact) mass is 596 g/mol. The number of fused-ring (bicyclic) bond motifs is 4. The Labute approximate surface area is 254 Å². The molecule has 6 N–H and O–H groups in total. The van der Waals surface area contributed by atoms with Gasteiger partial charge in [-0.3, -0.25) is 19.3 Å². The summed E-state index contributed by atoms with van der Waals surface area (Å²) >= 11 is 0. The van der Waals surface area contributed by atoms with Crippen LogP contribution in [-0.2, 0) is 27.2 Å². The summed E-state index contributed by atoms with van der Waals surface area (Å²) in [6.07, 6.45) is 1.16. The lowest BCUT2D eigenvalue weighted by Gasteiger charge is -2.50. The molecule has 44 heavy (non-hydrogen) atoms. The number of carbonyl (C=O) groups is 3. The molecule has 3 aliphatic rings. The molecule has 228 valence electrons. The Morgan fingerprint density at radius 2 is 1.66 bits per heavy atom. The molecule has 0 heterocycles. The molecule has 0 aromatic heterocycles. The zero-order valence-electron chi connectivity index (χ0n) is 25.1. The van der Waals surface area contributed by atoms with Gasteiger partial charge in [-0.25, -0.2) is 0 Å². The van der Waals surface area contributed by atoms with Crippen molar-refractivity contribution in [2.45, 2.75) is 44.8 Å². The number of benzene rings is 3. The van der Waals surface area contributed by atoms with E-state index in [1.807, 2.05) is 24.3 Å². The van der Waals surface area contributed by atoms with Crippen LogP contribution in [0.1, 0.15) is 37.0 Å². The second-order valence-corrected chi connectivity index (χ2v) is 12.9. The van der Waals surface area contributed by atoms with Gasteiger partial charge in [0.2, 0.25) is 5.78 Å². The first-order valence-electron chi connectivity index (χ1n) is 14.8. The van der Waals surface area contributed by atoms with E-state index in [-0.39, 0.29) is 29.7 Å². The number of rotatable bonds is 5. The number of hydrogen-bond donors (Lipinski definition) is 5. The Hall–Kier alpha value is -4.47. The summed E-state index contributed by atoms with van der Waals surface area (Å²) in [4.78, 5) is 41.2. The van der Waals surface area contributed by atoms with Crippen molar-refractivity contribution in [1.29, 1.82) is 0 Å². The number of ketones is 2. The number of primary amides is 1. The van der Waals surface area contributed by atoms with E-state index in [0.717, 1.165) is 28.3 Å². The van der Waals surface area contributed by atoms with Crippen molar-refractivity contribution in [3.8, 4) is 16.9 Å². The predicted octanol–water partition coefficient (Wildman–Crippen LogP) is 3.98. The number of hydrogen-bond acceptors (Lipinski definition) is 8. The molecule has 9 nitrogen and oxygen atoms in total. The molecule has 0 aliphatic heterocycles. The molecule has 0 unspecified atom stereocenters. The maximum atomic E-state index is 14.1. The van der Waals surface area contributed by atoms with Gasteiger partial charge in [-0.15, -0.1) is 0 Å². The quantitative estimate of drug-likeness (QED) is 0.276. The van der Waals surface area contributed by atoms with Gasteiger partial charge in [-0.1, -0.05) is 56.3 Å². The fraction of sp³-hybridized carbons (Fsp3) is 0.343. The number of nitrogens with two attached hydrogens (primary N) is 1. The summed E-state index contributed by atoms with van der Waals surface area (Å²) in [6.45, 7) is 4.34. The number of aliphatic hydroxyl groups is 3. The zero-order valence-corrected chi connectivity index (χ0v) is 25.1. The molecule has 0 saturated heterocycles. The van der Waals surface area contributed by atoms with Crippen molar-refractivity contribution in [1.82, 2.24) is 4.90 Å². The largest absolute Gasteiger partial charge is 0.508 e. The Morgan fingerprint density at radius 3 is 2.30 bits per heavy atom. The number of Topliss-reactive ketones (excluding diaryl/α,β-unsaturated/α-hetero) is 2. The molecule has 4 atom stereocenters. The van der Waals surface area contributed by atoms with E-state index < -0.39 is 58.0 Å². The van der Waals surface area contributed by atoms with Crippen molar-refractivity contribution >= 4 is 34.0 Å². The second-order valence-electron chi connectivity index (χ2n) is 12.9. The number of nitrogens with zero attached hydrogens (tertiary/aromatic N) is 1. The summed E-state index contributed by atoms with van der Waals surface area (Å²) in [5, 5.41) is 47.7. The molecule has 3 aromatic carbocycles. The molecule has 0 radical (unpaired) electrons. The van der Waals surface area contributed by atoms with E-state index in [2.05, 4.69) is 26.0 Å². The maximum absolute atomic E-state index is 14.1. The van der Waals surface area contributed by atoms with Crippen LogP contribution in [0.4, 0.5) is 0 Å². The van der Waals surface area contributed by atoms with Gasteiger partial charge < -0.3 is 26.2 Å². The third-order valence-electron chi connectivity index (χ3n) is 9.54. The lowest BCUT2D eigenvalue weighted by Crippen LogP contribution is -2.65. The van der Waals surface area contributed by atoms with E-state index in [9.17, 15) is 34.8 Å². The first-order chi connectivity index (χ1) is 20.8. The van der Waals surface area contributed by atoms with Crippen LogP contribution in [0.15, 0.2) is 65.4 Å². The van der Waals surface area contributed by atoms with Gasteiger partial charge in [-0.05, 0) is 84.3 Å². The first kappa shape index (κ1) is 29.6. The average Bonchev–Trinajstić information content (AvgIpc) is 2.95. The summed E-state index contributed by atoms with van der Waals surface area (Å²) in [7, 11) is 3.16. The smallest absolute Gasteiger partial charge is 0.255 e. The Morgan fingerprint density at radius 1 is 1.00 bits per heavy atom. The van der Waals surface area contributed by atoms with E-state index in [4.69, 9.17) is 5.73 Å². The van der Waals surface area contributed by atoms with Crippen LogP contribution in [0.25, 0.3) is 27.7 Å². The molecular formula is C35H36N2O7. The molecular weight excluding hydrogens is 560 g/mol. The van der Waals surface area contributed by atoms with E-state index >= 15 is 0 Å². The van der Waals surface area contributed by atoms with Gasteiger partial charge in [0.25, 0.3) is 5.91 Å². The van der Waals surface area contributed by atoms with E-state index in [0.29, 0.717) is 11.5 Å². The van der Waals surface area contributed by atoms with Gasteiger partial charge in [0.1, 0.15) is 22.8 Å². The van der Waals surface area contributed by atoms with Gasteiger partial charge >= 0.3 is 0 Å². The minimum absolute atomic E-state index is 0.0366. The van der Waals surface area contributed by atoms with Crippen molar-refractivity contribution in [2.24, 2.45) is 23.5 Å². The first-order valence-corrected chi connectivity index (χ1v) is 14.8. The Balaban J connectivity index is 1.56. The molecule has 9 heteroatoms. The highest BCUT2D eigenvalue weighted by Crippen LogP contribution is 2.54. The number of phenolic OH excluding ortho intramolecular Hbond substituents is 1. The molecule has 3 aliphatic carbocycles. The minimum Gasteiger partial charge on any atom is -0.508 e. The van der Waals surface area contributed by atoms with Gasteiger partial charge in [0.15, 0.2) is 11.4 Å². The third kappa shape index (κ3) is 4.10. The highest BCUT2D eigenvalue weighted by atomic mass is 16.3. The maximum Gasteiger partial charge on any atom is 0.255 e. The van der Waals surface area contributed by atoms with Crippen LogP contribution in [0.3, 0.4) is 0 Å². The lowest BCUT2D eigenvalue weighted by atomic mass is 9.57. The third-order valence-corrected chi connectivity index (χ3v) is 9.54. The SMILES string of the molecule is CC(C)Cc1ccc(-c2ccc(O)c3c2C[C@@H]2C[C@@H]4[C@@H](N(C)C)C(=O)C(C(N)=O)=C(O)[C@]4(O)C(=O)C2=C3O)c2ccccc12. The number of aliphatic hydroxyl groups excluding tert-OH is 2. The summed E-state index contributed by atoms with van der Waals surface area (Å²) < 4.78 is 0. The van der Waals surface area contributed by atoms with Crippen molar-refractivity contribution in [2.75, 3.05) is 14.1 Å². The highest BCUT2D eigenvalue weighted by Gasteiger charge is 2.64. The Kier molecular flexibility index (Phi) is 6.94. The number of likely N-dealkylation sites (N-methyl/N-ethyl adjacent to an activating group) is 1. The molecule has 6 rings (SSSR count). The standard InChI is InChI=1S/C35H36N2O7/c1-16(2)13-17-9-10-21(20-8-6-5-7-19(17)20)22-11-12-25(38)27-23(22)14-18-15-24-29(37(3)4)31(40)28(34(36)43)33(42)35(24,44)32(41)26(18)30(27)39/h5-12,16,18,24,29,38-39,42,44H,13-15H2,1-4H3,(H2,36,43)/t18-,24-,29-,35-/m1/s1. The normalized spacial score (nSPS) is 25.0. The number of aromatic hydroxyl groups is 1. The summed E-state index contributed by atoms with van der Waals surface area (Å²) in [5.74, 6) is -6.21. The summed E-state index contributed by atoms with van der Waals surface area (Å²) in [6, 6.07) is 14.4. The van der Waals surface area contributed by atoms with Crippen molar-refractivity contribution < 1.29 is 34.8 Å². The van der Waals surface area contributed by atoms with Crippen LogP contribution in [0, 0.1) is 17.8 Å². The number of carbonyl (C=O) groups excluding carboxylic acids is 3. The molecule has 1 saturated carbocycles. The van der Waals surface area contributed by atoms with Crippen LogP contribution < -0.4 is 5.73 Å².